The van der Waals surface area contributed by atoms with Crippen molar-refractivity contribution >= 4 is 29.1 Å². The van der Waals surface area contributed by atoms with Crippen LogP contribution < -0.4 is 5.32 Å². The molecule has 0 aromatic heterocycles. The molecule has 3 rings (SSSR count). The number of carbonyl (C=O) groups is 3. The number of carbonyl (C=O) groups excluding carboxylic acids is 3. The zero-order chi connectivity index (χ0) is 21.1. The van der Waals surface area contributed by atoms with E-state index in [0.29, 0.717) is 11.3 Å². The molecule has 0 unspecified atom stereocenters. The minimum Gasteiger partial charge on any atom is -0.335 e. The van der Waals surface area contributed by atoms with Gasteiger partial charge in [-0.05, 0) is 31.0 Å². The summed E-state index contributed by atoms with van der Waals surface area (Å²) >= 11 is 0. The van der Waals surface area contributed by atoms with Crippen LogP contribution in [0.5, 0.6) is 0 Å². The van der Waals surface area contributed by atoms with E-state index in [0.717, 1.165) is 23.2 Å². The lowest BCUT2D eigenvalue weighted by atomic mass is 10.1. The summed E-state index contributed by atoms with van der Waals surface area (Å²) in [5.41, 5.74) is 3.54. The van der Waals surface area contributed by atoms with Crippen molar-refractivity contribution in [3.63, 3.8) is 0 Å². The highest BCUT2D eigenvalue weighted by Crippen LogP contribution is 2.33. The van der Waals surface area contributed by atoms with E-state index in [1.54, 1.807) is 26.1 Å². The lowest BCUT2D eigenvalue weighted by molar-refractivity contribution is -0.136. The normalized spacial score (nSPS) is 13.8. The van der Waals surface area contributed by atoms with E-state index in [-0.39, 0.29) is 24.3 Å². The Morgan fingerprint density at radius 1 is 1.10 bits per heavy atom. The van der Waals surface area contributed by atoms with Gasteiger partial charge in [0, 0.05) is 29.6 Å². The maximum atomic E-state index is 12.9. The monoisotopic (exact) mass is 391 g/mol. The molecule has 6 heteroatoms. The molecule has 0 saturated carbocycles. The van der Waals surface area contributed by atoms with Crippen LogP contribution in [0.15, 0.2) is 55.1 Å². The molecule has 2 aromatic rings. The van der Waals surface area contributed by atoms with Crippen LogP contribution in [-0.4, -0.2) is 47.2 Å². The van der Waals surface area contributed by atoms with E-state index in [4.69, 9.17) is 0 Å². The number of fused-ring (bicyclic) bond motifs is 1. The lowest BCUT2D eigenvalue weighted by Gasteiger charge is -2.28. The number of nitrogens with one attached hydrogen (secondary N) is 1. The average molecular weight is 391 g/mol. The van der Waals surface area contributed by atoms with Gasteiger partial charge in [0.05, 0.1) is 6.54 Å². The van der Waals surface area contributed by atoms with E-state index in [2.05, 4.69) is 11.9 Å². The summed E-state index contributed by atoms with van der Waals surface area (Å²) in [6.07, 6.45) is 0.794. The van der Waals surface area contributed by atoms with Crippen LogP contribution in [-0.2, 0) is 16.0 Å². The Morgan fingerprint density at radius 2 is 1.72 bits per heavy atom. The third kappa shape index (κ3) is 3.92. The SMILES string of the molecule is C=C1c2ccccc2C(=O)N1[C@@H](C)C(=O)N(C)CC(=O)Nc1ccccc1CC. The Hall–Kier alpha value is -3.41. The topological polar surface area (TPSA) is 69.7 Å². The zero-order valence-corrected chi connectivity index (χ0v) is 16.9. The number of rotatable bonds is 6. The molecule has 1 N–H and O–H groups in total. The standard InChI is InChI=1S/C23H25N3O3/c1-5-17-10-6-9-13-20(17)24-21(27)14-25(4)22(28)16(3)26-15(2)18-11-7-8-12-19(18)23(26)29/h6-13,16H,2,5,14H2,1,3-4H3,(H,24,27)/t16-/m0/s1. The largest absolute Gasteiger partial charge is 0.335 e. The predicted molar refractivity (Wildman–Crippen MR) is 113 cm³/mol. The van der Waals surface area contributed by atoms with E-state index in [1.807, 2.05) is 43.3 Å². The van der Waals surface area contributed by atoms with Gasteiger partial charge in [-0.25, -0.2) is 0 Å². The van der Waals surface area contributed by atoms with Gasteiger partial charge >= 0.3 is 0 Å². The van der Waals surface area contributed by atoms with Crippen molar-refractivity contribution in [1.29, 1.82) is 0 Å². The fraction of sp³-hybridized carbons (Fsp3) is 0.261. The van der Waals surface area contributed by atoms with E-state index < -0.39 is 6.04 Å². The van der Waals surface area contributed by atoms with E-state index in [9.17, 15) is 14.4 Å². The van der Waals surface area contributed by atoms with Crippen molar-refractivity contribution in [3.05, 3.63) is 71.8 Å². The number of likely N-dealkylation sites (N-methyl/N-ethyl adjacent to an activating group) is 1. The molecule has 2 aromatic carbocycles. The second-order valence-electron chi connectivity index (χ2n) is 7.10. The smallest absolute Gasteiger partial charge is 0.259 e. The van der Waals surface area contributed by atoms with Crippen LogP contribution in [0.25, 0.3) is 5.70 Å². The Kier molecular flexibility index (Phi) is 5.82. The highest BCUT2D eigenvalue weighted by atomic mass is 16.2. The molecule has 1 aliphatic rings. The molecular formula is C23H25N3O3. The van der Waals surface area contributed by atoms with Gasteiger partial charge in [-0.2, -0.15) is 0 Å². The number of anilines is 1. The molecule has 1 aliphatic heterocycles. The highest BCUT2D eigenvalue weighted by molar-refractivity contribution is 6.11. The van der Waals surface area contributed by atoms with Crippen LogP contribution in [0.1, 0.15) is 35.3 Å². The number of aryl methyl sites for hydroxylation is 1. The van der Waals surface area contributed by atoms with E-state index in [1.165, 1.54) is 9.80 Å². The minimum absolute atomic E-state index is 0.108. The molecule has 3 amide bonds. The molecule has 0 radical (unpaired) electrons. The summed E-state index contributed by atoms with van der Waals surface area (Å²) in [6.45, 7) is 7.54. The van der Waals surface area contributed by atoms with Crippen LogP contribution in [0.4, 0.5) is 5.69 Å². The quantitative estimate of drug-likeness (QED) is 0.822. The fourth-order valence-electron chi connectivity index (χ4n) is 3.58. The Bertz CT molecular complexity index is 948. The van der Waals surface area contributed by atoms with Crippen LogP contribution in [0, 0.1) is 0 Å². The van der Waals surface area contributed by atoms with Crippen molar-refractivity contribution in [2.75, 3.05) is 18.9 Å². The Morgan fingerprint density at radius 3 is 2.38 bits per heavy atom. The second kappa shape index (κ2) is 8.31. The third-order valence-electron chi connectivity index (χ3n) is 5.15. The molecule has 1 atom stereocenters. The average Bonchev–Trinajstić information content (AvgIpc) is 2.97. The first-order valence-electron chi connectivity index (χ1n) is 9.59. The number of nitrogens with zero attached hydrogens (tertiary/aromatic N) is 2. The van der Waals surface area contributed by atoms with Gasteiger partial charge in [-0.1, -0.05) is 49.9 Å². The number of hydrogen-bond donors (Lipinski definition) is 1. The maximum Gasteiger partial charge on any atom is 0.259 e. The van der Waals surface area contributed by atoms with Gasteiger partial charge < -0.3 is 10.2 Å². The van der Waals surface area contributed by atoms with Gasteiger partial charge in [0.25, 0.3) is 5.91 Å². The van der Waals surface area contributed by atoms with Crippen molar-refractivity contribution in [3.8, 4) is 0 Å². The molecule has 0 saturated heterocycles. The predicted octanol–water partition coefficient (Wildman–Crippen LogP) is 3.16. The molecule has 1 heterocycles. The van der Waals surface area contributed by atoms with Crippen LogP contribution in [0.2, 0.25) is 0 Å². The molecule has 0 fully saturated rings. The summed E-state index contributed by atoms with van der Waals surface area (Å²) < 4.78 is 0. The minimum atomic E-state index is -0.761. The van der Waals surface area contributed by atoms with Crippen molar-refractivity contribution < 1.29 is 14.4 Å². The summed E-state index contributed by atoms with van der Waals surface area (Å²) in [5.74, 6) is -0.865. The first-order chi connectivity index (χ1) is 13.8. The first-order valence-corrected chi connectivity index (χ1v) is 9.59. The zero-order valence-electron chi connectivity index (χ0n) is 16.9. The summed E-state index contributed by atoms with van der Waals surface area (Å²) in [4.78, 5) is 40.8. The fourth-order valence-corrected chi connectivity index (χ4v) is 3.58. The van der Waals surface area contributed by atoms with Gasteiger partial charge in [-0.3, -0.25) is 19.3 Å². The molecule has 150 valence electrons. The van der Waals surface area contributed by atoms with Crippen molar-refractivity contribution in [2.45, 2.75) is 26.3 Å². The molecule has 0 bridgehead atoms. The van der Waals surface area contributed by atoms with Gasteiger partial charge in [-0.15, -0.1) is 0 Å². The number of amides is 3. The van der Waals surface area contributed by atoms with Crippen LogP contribution in [0.3, 0.4) is 0 Å². The summed E-state index contributed by atoms with van der Waals surface area (Å²) in [5, 5.41) is 2.86. The molecular weight excluding hydrogens is 366 g/mol. The van der Waals surface area contributed by atoms with Crippen molar-refractivity contribution in [1.82, 2.24) is 9.80 Å². The Labute approximate surface area is 170 Å². The molecule has 0 spiro atoms. The third-order valence-corrected chi connectivity index (χ3v) is 5.15. The van der Waals surface area contributed by atoms with Crippen LogP contribution >= 0.6 is 0 Å². The van der Waals surface area contributed by atoms with E-state index >= 15 is 0 Å². The first kappa shape index (κ1) is 20.3. The van der Waals surface area contributed by atoms with Gasteiger partial charge in [0.1, 0.15) is 6.04 Å². The number of para-hydroxylation sites is 1. The highest BCUT2D eigenvalue weighted by Gasteiger charge is 2.37. The van der Waals surface area contributed by atoms with Crippen molar-refractivity contribution in [2.24, 2.45) is 0 Å². The summed E-state index contributed by atoms with van der Waals surface area (Å²) in [7, 11) is 1.56. The second-order valence-corrected chi connectivity index (χ2v) is 7.10. The molecule has 29 heavy (non-hydrogen) atoms. The Balaban J connectivity index is 1.66. The summed E-state index contributed by atoms with van der Waals surface area (Å²) in [6, 6.07) is 14.0. The van der Waals surface area contributed by atoms with Gasteiger partial charge in [0.2, 0.25) is 11.8 Å². The number of benzene rings is 2. The molecule has 6 nitrogen and oxygen atoms in total. The lowest BCUT2D eigenvalue weighted by Crippen LogP contribution is -2.47. The number of hydrogen-bond acceptors (Lipinski definition) is 3. The van der Waals surface area contributed by atoms with Gasteiger partial charge in [0.15, 0.2) is 0 Å². The molecule has 0 aliphatic carbocycles. The maximum absolute atomic E-state index is 12.9.